The van der Waals surface area contributed by atoms with Gasteiger partial charge < -0.3 is 33.2 Å². The first kappa shape index (κ1) is 38.2. The fourth-order valence-electron chi connectivity index (χ4n) is 12.0. The van der Waals surface area contributed by atoms with E-state index in [1.54, 1.807) is 6.08 Å². The van der Waals surface area contributed by atoms with E-state index in [0.717, 1.165) is 5.57 Å². The summed E-state index contributed by atoms with van der Waals surface area (Å²) in [5.74, 6) is -3.90. The number of ketones is 1. The Morgan fingerprint density at radius 1 is 0.926 bits per heavy atom. The molecule has 54 heavy (non-hydrogen) atoms. The van der Waals surface area contributed by atoms with E-state index in [9.17, 15) is 14.7 Å². The first-order valence-electron chi connectivity index (χ1n) is 19.9. The van der Waals surface area contributed by atoms with Crippen LogP contribution in [0.2, 0.25) is 5.04 Å². The Morgan fingerprint density at radius 3 is 2.15 bits per heavy atom. The molecule has 10 atom stereocenters. The van der Waals surface area contributed by atoms with Gasteiger partial charge in [-0.15, -0.1) is 0 Å². The van der Waals surface area contributed by atoms with Crippen molar-refractivity contribution in [1.82, 2.24) is 0 Å². The van der Waals surface area contributed by atoms with Gasteiger partial charge >= 0.3 is 5.97 Å². The highest BCUT2D eigenvalue weighted by atomic mass is 28.4. The molecule has 6 aliphatic rings. The van der Waals surface area contributed by atoms with Crippen LogP contribution in [-0.2, 0) is 37.7 Å². The summed E-state index contributed by atoms with van der Waals surface area (Å²) in [6, 6.07) is 21.1. The zero-order chi connectivity index (χ0) is 38.7. The van der Waals surface area contributed by atoms with Gasteiger partial charge in [0.2, 0.25) is 0 Å². The smallest absolute Gasteiger partial charge is 0.302 e. The number of esters is 1. The second-order valence-corrected chi connectivity index (χ2v) is 23.4. The summed E-state index contributed by atoms with van der Waals surface area (Å²) in [4.78, 5) is 28.0. The average Bonchev–Trinajstić information content (AvgIpc) is 3.54. The Balaban J connectivity index is 1.22. The fourth-order valence-corrected chi connectivity index (χ4v) is 16.6. The third-order valence-corrected chi connectivity index (χ3v) is 19.2. The van der Waals surface area contributed by atoms with Crippen molar-refractivity contribution < 1.29 is 42.8 Å². The van der Waals surface area contributed by atoms with E-state index in [-0.39, 0.29) is 29.5 Å². The number of fused-ring (bicyclic) bond motifs is 5. The summed E-state index contributed by atoms with van der Waals surface area (Å²) in [6.45, 7) is 18.5. The molecular weight excluding hydrogens is 701 g/mol. The number of carbonyl (C=O) groups excluding carboxylic acids is 2. The predicted octanol–water partition coefficient (Wildman–Crippen LogP) is 5.85. The average molecular weight is 759 g/mol. The molecule has 2 aromatic carbocycles. The number of carbonyl (C=O) groups is 2. The van der Waals surface area contributed by atoms with Crippen molar-refractivity contribution in [2.75, 3.05) is 13.2 Å². The van der Waals surface area contributed by atoms with Gasteiger partial charge in [-0.25, -0.2) is 0 Å². The zero-order valence-corrected chi connectivity index (χ0v) is 34.3. The van der Waals surface area contributed by atoms with E-state index in [1.807, 2.05) is 39.8 Å². The van der Waals surface area contributed by atoms with E-state index < -0.39 is 72.4 Å². The minimum absolute atomic E-state index is 0.115. The van der Waals surface area contributed by atoms with E-state index in [1.165, 1.54) is 17.3 Å². The minimum atomic E-state index is -2.91. The molecule has 10 heteroatoms. The second kappa shape index (κ2) is 12.7. The van der Waals surface area contributed by atoms with Gasteiger partial charge in [0.25, 0.3) is 8.32 Å². The molecule has 8 rings (SSSR count). The molecule has 2 heterocycles. The SMILES string of the molecule is CC(=O)O[C@@H]1C[C@]2(C)C(CO[Si](c3ccccc3)(c3ccccc3)C(C)(C)C)CC[C@]2(O)[C@@H]2C(=O)C=C3[C@H]4OC(C)(C)O[C@H]4C[C@@H]4OC(C)(C)OC[C@@]34[C@H]21. The normalized spacial score (nSPS) is 39.3. The fraction of sp³-hybridized carbons (Fsp3) is 0.636. The first-order valence-corrected chi connectivity index (χ1v) is 21.8. The molecule has 292 valence electrons. The van der Waals surface area contributed by atoms with Crippen molar-refractivity contribution in [1.29, 1.82) is 0 Å². The highest BCUT2D eigenvalue weighted by Gasteiger charge is 2.76. The van der Waals surface area contributed by atoms with Crippen molar-refractivity contribution in [3.05, 3.63) is 72.3 Å². The van der Waals surface area contributed by atoms with Crippen LogP contribution in [0.3, 0.4) is 0 Å². The summed E-state index contributed by atoms with van der Waals surface area (Å²) < 4.78 is 40.1. The predicted molar refractivity (Wildman–Crippen MR) is 205 cm³/mol. The lowest BCUT2D eigenvalue weighted by molar-refractivity contribution is -0.345. The van der Waals surface area contributed by atoms with Crippen molar-refractivity contribution in [2.45, 2.75) is 135 Å². The highest BCUT2D eigenvalue weighted by molar-refractivity contribution is 6.99. The summed E-state index contributed by atoms with van der Waals surface area (Å²) in [5.41, 5.74) is -2.33. The molecule has 0 radical (unpaired) electrons. The van der Waals surface area contributed by atoms with E-state index in [4.69, 9.17) is 28.1 Å². The van der Waals surface area contributed by atoms with E-state index in [2.05, 4.69) is 76.2 Å². The Kier molecular flexibility index (Phi) is 8.95. The molecule has 1 unspecified atom stereocenters. The summed E-state index contributed by atoms with van der Waals surface area (Å²) in [7, 11) is -2.91. The third-order valence-electron chi connectivity index (χ3n) is 14.2. The summed E-state index contributed by atoms with van der Waals surface area (Å²) in [6.07, 6.45) is 1.76. The number of aliphatic hydroxyl groups is 1. The third kappa shape index (κ3) is 5.52. The van der Waals surface area contributed by atoms with Crippen LogP contribution in [0.5, 0.6) is 0 Å². The van der Waals surface area contributed by atoms with Gasteiger partial charge in [-0.3, -0.25) is 9.59 Å². The molecule has 4 aliphatic carbocycles. The number of allylic oxidation sites excluding steroid dienone is 1. The largest absolute Gasteiger partial charge is 0.462 e. The van der Waals surface area contributed by atoms with Crippen molar-refractivity contribution in [3.63, 3.8) is 0 Å². The van der Waals surface area contributed by atoms with Gasteiger partial charge in [0, 0.05) is 31.3 Å². The van der Waals surface area contributed by atoms with E-state index >= 15 is 0 Å². The molecule has 9 nitrogen and oxygen atoms in total. The molecule has 3 saturated carbocycles. The Labute approximate surface area is 321 Å². The number of ether oxygens (including phenoxy) is 5. The van der Waals surface area contributed by atoms with Gasteiger partial charge in [-0.1, -0.05) is 88.4 Å². The number of hydrogen-bond acceptors (Lipinski definition) is 9. The Bertz CT molecular complexity index is 1780. The zero-order valence-electron chi connectivity index (χ0n) is 33.3. The lowest BCUT2D eigenvalue weighted by Crippen LogP contribution is -2.74. The molecule has 1 N–H and O–H groups in total. The molecule has 2 aromatic rings. The Morgan fingerprint density at radius 2 is 1.56 bits per heavy atom. The molecule has 0 aromatic heterocycles. The van der Waals surface area contributed by atoms with Crippen LogP contribution in [0.15, 0.2) is 72.3 Å². The van der Waals surface area contributed by atoms with Gasteiger partial charge in [-0.05, 0) is 79.9 Å². The second-order valence-electron chi connectivity index (χ2n) is 19.1. The van der Waals surface area contributed by atoms with Gasteiger partial charge in [0.15, 0.2) is 17.4 Å². The summed E-state index contributed by atoms with van der Waals surface area (Å²) >= 11 is 0. The lowest BCUT2D eigenvalue weighted by Gasteiger charge is -2.66. The lowest BCUT2D eigenvalue weighted by atomic mass is 9.43. The molecule has 0 bridgehead atoms. The van der Waals surface area contributed by atoms with Crippen molar-refractivity contribution >= 4 is 30.4 Å². The maximum atomic E-state index is 14.9. The molecule has 2 saturated heterocycles. The van der Waals surface area contributed by atoms with Crippen LogP contribution < -0.4 is 10.4 Å². The molecule has 5 fully saturated rings. The van der Waals surface area contributed by atoms with Crippen molar-refractivity contribution in [3.8, 4) is 0 Å². The standard InChI is InChI=1S/C44H58O9Si/c1-27(45)50-34-24-42(9)28(25-49-54(39(2,3)4,29-16-12-10-13-17-29)30-18-14-11-15-19-30)20-21-44(42,47)36-32(46)22-31-38-33(51-41(7,8)53-38)23-35-43(31,37(34)36)26-48-40(5,6)52-35/h10-19,22,28,33-38,47H,20-21,23-26H2,1-9H3/t28?,33-,34+,35-,36+,37-,38+,42+,43+,44-/m0/s1. The van der Waals surface area contributed by atoms with E-state index in [0.29, 0.717) is 32.3 Å². The van der Waals surface area contributed by atoms with Crippen LogP contribution in [0, 0.1) is 28.6 Å². The molecule has 2 aliphatic heterocycles. The number of hydrogen-bond donors (Lipinski definition) is 1. The molecule has 0 amide bonds. The number of rotatable bonds is 6. The minimum Gasteiger partial charge on any atom is -0.462 e. The summed E-state index contributed by atoms with van der Waals surface area (Å²) in [5, 5.41) is 15.5. The van der Waals surface area contributed by atoms with Gasteiger partial charge in [0.05, 0.1) is 35.7 Å². The Hall–Kier alpha value is -2.70. The first-order chi connectivity index (χ1) is 25.3. The maximum Gasteiger partial charge on any atom is 0.302 e. The molecule has 1 spiro atoms. The van der Waals surface area contributed by atoms with Crippen LogP contribution >= 0.6 is 0 Å². The van der Waals surface area contributed by atoms with Crippen LogP contribution in [0.4, 0.5) is 0 Å². The van der Waals surface area contributed by atoms with Gasteiger partial charge in [0.1, 0.15) is 12.2 Å². The maximum absolute atomic E-state index is 14.9. The van der Waals surface area contributed by atoms with Crippen LogP contribution in [0.25, 0.3) is 0 Å². The molecular formula is C44H58O9Si. The van der Waals surface area contributed by atoms with Crippen molar-refractivity contribution in [2.24, 2.45) is 28.6 Å². The van der Waals surface area contributed by atoms with Gasteiger partial charge in [-0.2, -0.15) is 0 Å². The number of benzene rings is 2. The highest BCUT2D eigenvalue weighted by Crippen LogP contribution is 2.70. The topological polar surface area (TPSA) is 110 Å². The van der Waals surface area contributed by atoms with Crippen LogP contribution in [0.1, 0.15) is 88.0 Å². The monoisotopic (exact) mass is 758 g/mol. The van der Waals surface area contributed by atoms with Crippen LogP contribution in [-0.4, -0.2) is 80.0 Å². The quantitative estimate of drug-likeness (QED) is 0.287.